The molecule has 0 saturated heterocycles. The second-order valence-electron chi connectivity index (χ2n) is 9.00. The van der Waals surface area contributed by atoms with Gasteiger partial charge in [-0.2, -0.15) is 0 Å². The highest BCUT2D eigenvalue weighted by molar-refractivity contribution is 6.33. The average molecular weight is 526 g/mol. The van der Waals surface area contributed by atoms with Crippen molar-refractivity contribution < 1.29 is 14.4 Å². The highest BCUT2D eigenvalue weighted by Gasteiger charge is 2.27. The normalized spacial score (nSPS) is 14.7. The summed E-state index contributed by atoms with van der Waals surface area (Å²) in [5, 5.41) is 17.6. The second-order valence-corrected chi connectivity index (χ2v) is 9.41. The number of hydrogen-bond acceptors (Lipinski definition) is 10. The van der Waals surface area contributed by atoms with Gasteiger partial charge in [-0.1, -0.05) is 16.8 Å². The Morgan fingerprint density at radius 3 is 2.76 bits per heavy atom. The van der Waals surface area contributed by atoms with Crippen LogP contribution in [0, 0.1) is 20.8 Å². The fraction of sp³-hybridized carbons (Fsp3) is 0.385. The monoisotopic (exact) mass is 525 g/mol. The number of hydrogen-bond donors (Lipinski definition) is 3. The molecule has 1 aliphatic rings. The maximum atomic E-state index is 10.0. The molecule has 1 aromatic carbocycles. The first kappa shape index (κ1) is 26.6. The minimum absolute atomic E-state index is 0.132. The van der Waals surface area contributed by atoms with Crippen LogP contribution >= 0.6 is 11.6 Å². The molecule has 0 spiro atoms. The van der Waals surface area contributed by atoms with Crippen molar-refractivity contribution in [1.29, 1.82) is 0 Å². The van der Waals surface area contributed by atoms with E-state index < -0.39 is 6.10 Å². The van der Waals surface area contributed by atoms with E-state index in [4.69, 9.17) is 36.6 Å². The number of anilines is 1. The first-order chi connectivity index (χ1) is 17.7. The summed E-state index contributed by atoms with van der Waals surface area (Å²) >= 11 is 6.64. The highest BCUT2D eigenvalue weighted by atomic mass is 35.5. The molecule has 4 rings (SSSR count). The first-order valence-electron chi connectivity index (χ1n) is 11.9. The number of nitrogens with two attached hydrogens (primary N) is 1. The van der Waals surface area contributed by atoms with Crippen LogP contribution in [-0.4, -0.2) is 72.9 Å². The summed E-state index contributed by atoms with van der Waals surface area (Å²) in [5.41, 5.74) is 11.7. The Bertz CT molecular complexity index is 1330. The molecule has 196 valence electrons. The number of aromatic nitrogens is 3. The zero-order chi connectivity index (χ0) is 26.7. The average Bonchev–Trinajstić information content (AvgIpc) is 3.40. The van der Waals surface area contributed by atoms with Crippen molar-refractivity contribution in [2.75, 3.05) is 45.2 Å². The second kappa shape index (κ2) is 11.3. The molecule has 0 radical (unpaired) electrons. The summed E-state index contributed by atoms with van der Waals surface area (Å²) in [5.74, 6) is 2.37. The Balaban J connectivity index is 1.81. The number of aliphatic hydroxyl groups is 1. The predicted molar refractivity (Wildman–Crippen MR) is 145 cm³/mol. The third-order valence-electron chi connectivity index (χ3n) is 6.17. The van der Waals surface area contributed by atoms with E-state index in [0.29, 0.717) is 53.2 Å². The van der Waals surface area contributed by atoms with Crippen LogP contribution < -0.4 is 20.7 Å². The summed E-state index contributed by atoms with van der Waals surface area (Å²) in [6.45, 7) is 7.36. The Hall–Kier alpha value is -3.47. The van der Waals surface area contributed by atoms with E-state index in [2.05, 4.69) is 20.4 Å². The Kier molecular flexibility index (Phi) is 8.11. The van der Waals surface area contributed by atoms with Gasteiger partial charge in [-0.15, -0.1) is 0 Å². The van der Waals surface area contributed by atoms with E-state index in [0.717, 1.165) is 33.9 Å². The van der Waals surface area contributed by atoms with Crippen LogP contribution in [-0.2, 0) is 0 Å². The predicted octanol–water partition coefficient (Wildman–Crippen LogP) is 3.07. The molecule has 0 unspecified atom stereocenters. The summed E-state index contributed by atoms with van der Waals surface area (Å²) < 4.78 is 11.3. The Morgan fingerprint density at radius 1 is 1.30 bits per heavy atom. The van der Waals surface area contributed by atoms with Gasteiger partial charge in [0.05, 0.1) is 28.5 Å². The molecule has 2 aromatic heterocycles. The minimum atomic E-state index is -0.647. The standard InChI is InChI=1S/C26H32ClN7O3/c1-14-24(23-15(2)33-37-16(23)3)31-25(32-26(14)34-11-17(9-29-4)22(28)12-34)20-8-19(6-7-21(20)27)36-13-18(35)10-30-5/h6-9,18,30,35H,10-13,28H2,1-5H3/t18-/m1/s1. The lowest BCUT2D eigenvalue weighted by Gasteiger charge is -2.22. The van der Waals surface area contributed by atoms with E-state index in [1.807, 2.05) is 20.8 Å². The zero-order valence-corrected chi connectivity index (χ0v) is 22.4. The van der Waals surface area contributed by atoms with Gasteiger partial charge < -0.3 is 30.3 Å². The van der Waals surface area contributed by atoms with E-state index in [9.17, 15) is 5.11 Å². The van der Waals surface area contributed by atoms with E-state index in [1.54, 1.807) is 38.5 Å². The maximum Gasteiger partial charge on any atom is 0.163 e. The van der Waals surface area contributed by atoms with Crippen molar-refractivity contribution in [2.45, 2.75) is 26.9 Å². The van der Waals surface area contributed by atoms with Gasteiger partial charge in [0.25, 0.3) is 0 Å². The molecule has 1 aliphatic heterocycles. The van der Waals surface area contributed by atoms with Crippen molar-refractivity contribution in [2.24, 2.45) is 10.7 Å². The molecule has 0 saturated carbocycles. The van der Waals surface area contributed by atoms with Gasteiger partial charge in [0.15, 0.2) is 5.82 Å². The number of nitrogens with zero attached hydrogens (tertiary/aromatic N) is 5. The van der Waals surface area contributed by atoms with Crippen molar-refractivity contribution in [3.8, 4) is 28.4 Å². The number of aliphatic imine (C=N–C) groups is 1. The quantitative estimate of drug-likeness (QED) is 0.360. The molecule has 4 N–H and O–H groups in total. The van der Waals surface area contributed by atoms with Crippen molar-refractivity contribution in [1.82, 2.24) is 20.4 Å². The van der Waals surface area contributed by atoms with Crippen molar-refractivity contribution in [3.63, 3.8) is 0 Å². The van der Waals surface area contributed by atoms with Crippen LogP contribution in [0.1, 0.15) is 17.0 Å². The van der Waals surface area contributed by atoms with E-state index in [-0.39, 0.29) is 6.61 Å². The molecule has 1 atom stereocenters. The van der Waals surface area contributed by atoms with Gasteiger partial charge in [-0.3, -0.25) is 4.99 Å². The molecule has 0 aliphatic carbocycles. The number of halogens is 1. The van der Waals surface area contributed by atoms with Gasteiger partial charge in [0.2, 0.25) is 0 Å². The van der Waals surface area contributed by atoms with Gasteiger partial charge in [0, 0.05) is 48.7 Å². The van der Waals surface area contributed by atoms with E-state index >= 15 is 0 Å². The van der Waals surface area contributed by atoms with Crippen LogP contribution in [0.3, 0.4) is 0 Å². The fourth-order valence-corrected chi connectivity index (χ4v) is 4.55. The summed E-state index contributed by atoms with van der Waals surface area (Å²) in [7, 11) is 3.50. The van der Waals surface area contributed by atoms with Crippen LogP contribution in [0.15, 0.2) is 39.0 Å². The number of ether oxygens (including phenoxy) is 1. The van der Waals surface area contributed by atoms with Gasteiger partial charge in [-0.25, -0.2) is 9.97 Å². The van der Waals surface area contributed by atoms with Gasteiger partial charge >= 0.3 is 0 Å². The summed E-state index contributed by atoms with van der Waals surface area (Å²) in [6, 6.07) is 5.27. The Labute approximate surface area is 221 Å². The lowest BCUT2D eigenvalue weighted by atomic mass is 10.0. The van der Waals surface area contributed by atoms with Crippen molar-refractivity contribution in [3.05, 3.63) is 51.5 Å². The largest absolute Gasteiger partial charge is 0.491 e. The molecular formula is C26H32ClN7O3. The minimum Gasteiger partial charge on any atom is -0.491 e. The lowest BCUT2D eigenvalue weighted by molar-refractivity contribution is 0.108. The molecular weight excluding hydrogens is 494 g/mol. The first-order valence-corrected chi connectivity index (χ1v) is 12.3. The highest BCUT2D eigenvalue weighted by Crippen LogP contribution is 2.37. The molecule has 37 heavy (non-hydrogen) atoms. The van der Waals surface area contributed by atoms with Crippen molar-refractivity contribution >= 4 is 23.6 Å². The van der Waals surface area contributed by atoms with E-state index in [1.165, 1.54) is 0 Å². The smallest absolute Gasteiger partial charge is 0.163 e. The summed E-state index contributed by atoms with van der Waals surface area (Å²) in [4.78, 5) is 16.1. The molecule has 0 amide bonds. The lowest BCUT2D eigenvalue weighted by Crippen LogP contribution is -2.29. The fourth-order valence-electron chi connectivity index (χ4n) is 4.35. The van der Waals surface area contributed by atoms with Crippen LogP contribution in [0.4, 0.5) is 5.82 Å². The number of aryl methyl sites for hydroxylation is 2. The number of rotatable bonds is 9. The Morgan fingerprint density at radius 2 is 2.08 bits per heavy atom. The molecule has 3 aromatic rings. The molecule has 11 heteroatoms. The third kappa shape index (κ3) is 5.61. The molecule has 10 nitrogen and oxygen atoms in total. The summed E-state index contributed by atoms with van der Waals surface area (Å²) in [6.07, 6.45) is 1.13. The van der Waals surface area contributed by atoms with Crippen LogP contribution in [0.5, 0.6) is 5.75 Å². The van der Waals surface area contributed by atoms with Crippen LogP contribution in [0.2, 0.25) is 5.02 Å². The van der Waals surface area contributed by atoms with Crippen LogP contribution in [0.25, 0.3) is 22.6 Å². The van der Waals surface area contributed by atoms with Gasteiger partial charge in [-0.05, 0) is 46.0 Å². The van der Waals surface area contributed by atoms with Gasteiger partial charge in [0.1, 0.15) is 30.0 Å². The number of benzene rings is 1. The maximum absolute atomic E-state index is 10.0. The number of nitrogens with one attached hydrogen (secondary N) is 1. The topological polar surface area (TPSA) is 135 Å². The third-order valence-corrected chi connectivity index (χ3v) is 6.50. The number of likely N-dealkylation sites (N-methyl/N-ethyl adjacent to an activating group) is 1. The molecule has 3 heterocycles. The zero-order valence-electron chi connectivity index (χ0n) is 21.7. The number of aliphatic hydroxyl groups excluding tert-OH is 1. The SMILES string of the molecule is CN=CC1=C(N)CN(c2nc(-c3cc(OC[C@H](O)CNC)ccc3Cl)nc(-c3c(C)noc3C)c2C)C1. The molecule has 0 fully saturated rings. The molecule has 0 bridgehead atoms.